The summed E-state index contributed by atoms with van der Waals surface area (Å²) in [6, 6.07) is 7.65. The van der Waals surface area contributed by atoms with E-state index < -0.39 is 0 Å². The number of urea groups is 1. The van der Waals surface area contributed by atoms with Crippen LogP contribution in [0.25, 0.3) is 0 Å². The van der Waals surface area contributed by atoms with Gasteiger partial charge in [-0.3, -0.25) is 0 Å². The zero-order chi connectivity index (χ0) is 12.3. The lowest BCUT2D eigenvalue weighted by Crippen LogP contribution is -2.42. The summed E-state index contributed by atoms with van der Waals surface area (Å²) < 4.78 is 0. The summed E-state index contributed by atoms with van der Waals surface area (Å²) in [5, 5.41) is 5.87. The van der Waals surface area contributed by atoms with E-state index in [1.165, 1.54) is 0 Å². The molecule has 1 aliphatic carbocycles. The van der Waals surface area contributed by atoms with E-state index in [1.807, 2.05) is 31.2 Å². The molecule has 0 radical (unpaired) electrons. The molecule has 0 heterocycles. The molecule has 0 saturated heterocycles. The molecule has 1 fully saturated rings. The van der Waals surface area contributed by atoms with Crippen molar-refractivity contribution < 1.29 is 4.79 Å². The third-order valence-corrected chi connectivity index (χ3v) is 3.08. The van der Waals surface area contributed by atoms with Gasteiger partial charge >= 0.3 is 6.03 Å². The first kappa shape index (κ1) is 11.8. The molecular formula is C13H19N3O. The second-order valence-corrected chi connectivity index (χ2v) is 4.59. The number of nitrogens with one attached hydrogen (secondary N) is 2. The van der Waals surface area contributed by atoms with Crippen LogP contribution in [-0.4, -0.2) is 12.6 Å². The monoisotopic (exact) mass is 233 g/mol. The van der Waals surface area contributed by atoms with Crippen molar-refractivity contribution in [3.05, 3.63) is 29.8 Å². The minimum Gasteiger partial charge on any atom is -0.399 e. The maximum atomic E-state index is 11.7. The molecule has 2 rings (SSSR count). The van der Waals surface area contributed by atoms with Crippen molar-refractivity contribution in [3.63, 3.8) is 0 Å². The molecule has 1 aliphatic rings. The van der Waals surface area contributed by atoms with Crippen LogP contribution in [-0.2, 0) is 5.54 Å². The van der Waals surface area contributed by atoms with Crippen LogP contribution in [0.3, 0.4) is 0 Å². The topological polar surface area (TPSA) is 67.2 Å². The molecule has 0 bridgehead atoms. The van der Waals surface area contributed by atoms with Gasteiger partial charge in [-0.15, -0.1) is 0 Å². The highest BCUT2D eigenvalue weighted by atomic mass is 16.2. The fourth-order valence-corrected chi connectivity index (χ4v) is 1.95. The van der Waals surface area contributed by atoms with E-state index in [-0.39, 0.29) is 11.6 Å². The van der Waals surface area contributed by atoms with Gasteiger partial charge in [0, 0.05) is 12.2 Å². The largest absolute Gasteiger partial charge is 0.399 e. The Balaban J connectivity index is 2.02. The molecule has 1 aromatic carbocycles. The van der Waals surface area contributed by atoms with Crippen molar-refractivity contribution in [3.8, 4) is 0 Å². The number of rotatable bonds is 4. The quantitative estimate of drug-likeness (QED) is 0.696. The van der Waals surface area contributed by atoms with E-state index in [1.54, 1.807) is 0 Å². The van der Waals surface area contributed by atoms with E-state index in [4.69, 9.17) is 5.73 Å². The molecular weight excluding hydrogens is 214 g/mol. The Hall–Kier alpha value is -1.71. The predicted molar refractivity (Wildman–Crippen MR) is 68.6 cm³/mol. The Bertz CT molecular complexity index is 413. The molecule has 0 aliphatic heterocycles. The first-order valence-electron chi connectivity index (χ1n) is 6.08. The van der Waals surface area contributed by atoms with Gasteiger partial charge in [0.05, 0.1) is 5.54 Å². The Morgan fingerprint density at radius 3 is 2.82 bits per heavy atom. The number of amides is 2. The van der Waals surface area contributed by atoms with E-state index >= 15 is 0 Å². The van der Waals surface area contributed by atoms with E-state index in [0.717, 1.165) is 30.5 Å². The van der Waals surface area contributed by atoms with Gasteiger partial charge in [-0.2, -0.15) is 0 Å². The number of carbonyl (C=O) groups is 1. The standard InChI is InChI=1S/C13H19N3O/c1-2-8-15-12(17)16-13(6-7-13)10-4-3-5-11(14)9-10/h3-5,9H,2,6-8,14H2,1H3,(H2,15,16,17). The SMILES string of the molecule is CCCNC(=O)NC1(c2cccc(N)c2)CC1. The van der Waals surface area contributed by atoms with Crippen molar-refractivity contribution in [1.82, 2.24) is 10.6 Å². The minimum atomic E-state index is -0.187. The van der Waals surface area contributed by atoms with Gasteiger partial charge in [-0.05, 0) is 37.0 Å². The van der Waals surface area contributed by atoms with Crippen molar-refractivity contribution in [2.75, 3.05) is 12.3 Å². The van der Waals surface area contributed by atoms with Gasteiger partial charge in [-0.25, -0.2) is 4.79 Å². The van der Waals surface area contributed by atoms with Crippen molar-refractivity contribution in [2.24, 2.45) is 0 Å². The number of hydrogen-bond donors (Lipinski definition) is 3. The molecule has 4 heteroatoms. The molecule has 17 heavy (non-hydrogen) atoms. The van der Waals surface area contributed by atoms with Crippen LogP contribution in [0.5, 0.6) is 0 Å². The normalized spacial score (nSPS) is 16.3. The molecule has 1 aromatic rings. The summed E-state index contributed by atoms with van der Waals surface area (Å²) in [6.07, 6.45) is 2.91. The Kier molecular flexibility index (Phi) is 3.22. The van der Waals surface area contributed by atoms with Gasteiger partial charge in [0.1, 0.15) is 0 Å². The highest BCUT2D eigenvalue weighted by Crippen LogP contribution is 2.45. The van der Waals surface area contributed by atoms with Crippen LogP contribution in [0.4, 0.5) is 10.5 Å². The number of carbonyl (C=O) groups excluding carboxylic acids is 1. The van der Waals surface area contributed by atoms with Crippen LogP contribution in [0.1, 0.15) is 31.7 Å². The summed E-state index contributed by atoms with van der Waals surface area (Å²) in [6.45, 7) is 2.74. The van der Waals surface area contributed by atoms with Crippen LogP contribution >= 0.6 is 0 Å². The number of hydrogen-bond acceptors (Lipinski definition) is 2. The molecule has 1 saturated carbocycles. The van der Waals surface area contributed by atoms with Crippen LogP contribution < -0.4 is 16.4 Å². The highest BCUT2D eigenvalue weighted by Gasteiger charge is 2.45. The first-order chi connectivity index (χ1) is 8.16. The molecule has 2 amide bonds. The van der Waals surface area contributed by atoms with Gasteiger partial charge in [0.15, 0.2) is 0 Å². The zero-order valence-electron chi connectivity index (χ0n) is 10.1. The maximum Gasteiger partial charge on any atom is 0.315 e. The van der Waals surface area contributed by atoms with Gasteiger partial charge < -0.3 is 16.4 Å². The zero-order valence-corrected chi connectivity index (χ0v) is 10.1. The van der Waals surface area contributed by atoms with E-state index in [9.17, 15) is 4.79 Å². The summed E-state index contributed by atoms with van der Waals surface area (Å²) in [5.74, 6) is 0. The summed E-state index contributed by atoms with van der Waals surface area (Å²) in [5.41, 5.74) is 7.42. The van der Waals surface area contributed by atoms with Crippen LogP contribution in [0.15, 0.2) is 24.3 Å². The predicted octanol–water partition coefficient (Wildman–Crippen LogP) is 1.97. The summed E-state index contributed by atoms with van der Waals surface area (Å²) >= 11 is 0. The molecule has 0 unspecified atom stereocenters. The second kappa shape index (κ2) is 4.65. The molecule has 0 aromatic heterocycles. The van der Waals surface area contributed by atoms with Crippen molar-refractivity contribution in [1.29, 1.82) is 0 Å². The fourth-order valence-electron chi connectivity index (χ4n) is 1.95. The van der Waals surface area contributed by atoms with Crippen LogP contribution in [0.2, 0.25) is 0 Å². The van der Waals surface area contributed by atoms with Crippen molar-refractivity contribution in [2.45, 2.75) is 31.7 Å². The van der Waals surface area contributed by atoms with E-state index in [0.29, 0.717) is 6.54 Å². The number of nitrogen functional groups attached to an aromatic ring is 1. The molecule has 92 valence electrons. The van der Waals surface area contributed by atoms with Gasteiger partial charge in [0.25, 0.3) is 0 Å². The summed E-state index contributed by atoms with van der Waals surface area (Å²) in [4.78, 5) is 11.7. The third kappa shape index (κ3) is 2.70. The Morgan fingerprint density at radius 2 is 2.24 bits per heavy atom. The molecule has 0 atom stereocenters. The fraction of sp³-hybridized carbons (Fsp3) is 0.462. The highest BCUT2D eigenvalue weighted by molar-refractivity contribution is 5.75. The maximum absolute atomic E-state index is 11.7. The minimum absolute atomic E-state index is 0.0909. The number of anilines is 1. The van der Waals surface area contributed by atoms with Gasteiger partial charge in [0.2, 0.25) is 0 Å². The summed E-state index contributed by atoms with van der Waals surface area (Å²) in [7, 11) is 0. The average molecular weight is 233 g/mol. The third-order valence-electron chi connectivity index (χ3n) is 3.08. The lowest BCUT2D eigenvalue weighted by molar-refractivity contribution is 0.236. The lowest BCUT2D eigenvalue weighted by atomic mass is 10.0. The average Bonchev–Trinajstić information content (AvgIpc) is 3.07. The Labute approximate surface area is 102 Å². The van der Waals surface area contributed by atoms with Gasteiger partial charge in [-0.1, -0.05) is 19.1 Å². The number of benzene rings is 1. The second-order valence-electron chi connectivity index (χ2n) is 4.59. The molecule has 4 nitrogen and oxygen atoms in total. The lowest BCUT2D eigenvalue weighted by Gasteiger charge is -2.18. The van der Waals surface area contributed by atoms with Crippen LogP contribution in [0, 0.1) is 0 Å². The molecule has 4 N–H and O–H groups in total. The molecule has 0 spiro atoms. The van der Waals surface area contributed by atoms with Crippen molar-refractivity contribution >= 4 is 11.7 Å². The smallest absolute Gasteiger partial charge is 0.315 e. The Morgan fingerprint density at radius 1 is 1.47 bits per heavy atom. The number of nitrogens with two attached hydrogens (primary N) is 1. The first-order valence-corrected chi connectivity index (χ1v) is 6.08. The van der Waals surface area contributed by atoms with E-state index in [2.05, 4.69) is 10.6 Å².